The lowest BCUT2D eigenvalue weighted by molar-refractivity contribution is 0.0493. The van der Waals surface area contributed by atoms with Crippen molar-refractivity contribution < 1.29 is 4.74 Å². The smallest absolute Gasteiger partial charge is 0.0992 e. The molecule has 0 aromatic heterocycles. The highest BCUT2D eigenvalue weighted by molar-refractivity contribution is 5.08. The molecule has 0 bridgehead atoms. The van der Waals surface area contributed by atoms with Gasteiger partial charge in [-0.25, -0.2) is 0 Å². The lowest BCUT2D eigenvalue weighted by atomic mass is 9.65. The van der Waals surface area contributed by atoms with Crippen molar-refractivity contribution in [2.75, 3.05) is 6.61 Å². The molecule has 64 valence electrons. The third-order valence-corrected chi connectivity index (χ3v) is 3.49. The van der Waals surface area contributed by atoms with Crippen molar-refractivity contribution in [1.82, 2.24) is 0 Å². The lowest BCUT2D eigenvalue weighted by Crippen LogP contribution is -2.41. The summed E-state index contributed by atoms with van der Waals surface area (Å²) in [4.78, 5) is 0. The molecule has 1 unspecified atom stereocenters. The first-order valence-electron chi connectivity index (χ1n) is 4.70. The number of epoxide rings is 1. The third-order valence-electron chi connectivity index (χ3n) is 3.49. The minimum Gasteiger partial charge on any atom is -0.369 e. The van der Waals surface area contributed by atoms with Gasteiger partial charge in [0.2, 0.25) is 0 Å². The van der Waals surface area contributed by atoms with Crippen LogP contribution >= 0.6 is 0 Å². The second-order valence-corrected chi connectivity index (χ2v) is 5.06. The van der Waals surface area contributed by atoms with Crippen molar-refractivity contribution in [1.29, 1.82) is 0 Å². The van der Waals surface area contributed by atoms with E-state index in [1.165, 1.54) is 19.3 Å². The maximum atomic E-state index is 5.66. The van der Waals surface area contributed by atoms with Gasteiger partial charge >= 0.3 is 0 Å². The molecule has 0 aromatic rings. The summed E-state index contributed by atoms with van der Waals surface area (Å²) in [6.45, 7) is 7.93. The van der Waals surface area contributed by atoms with Crippen molar-refractivity contribution in [3.05, 3.63) is 0 Å². The average molecular weight is 154 g/mol. The van der Waals surface area contributed by atoms with Gasteiger partial charge in [0.15, 0.2) is 0 Å². The van der Waals surface area contributed by atoms with Crippen LogP contribution in [0.25, 0.3) is 0 Å². The fourth-order valence-electron chi connectivity index (χ4n) is 2.23. The zero-order valence-electron chi connectivity index (χ0n) is 7.81. The standard InChI is InChI=1S/C10H18O/c1-9(2,3)10(7-11-10)8-5-4-6-8/h8H,4-7H2,1-3H3. The molecule has 1 heterocycles. The summed E-state index contributed by atoms with van der Waals surface area (Å²) in [6, 6.07) is 0. The van der Waals surface area contributed by atoms with Gasteiger partial charge < -0.3 is 4.74 Å². The SMILES string of the molecule is CC(C)(C)C1(C2CCC2)CO1. The normalized spacial score (nSPS) is 38.5. The van der Waals surface area contributed by atoms with Crippen LogP contribution in [0.15, 0.2) is 0 Å². The van der Waals surface area contributed by atoms with Crippen molar-refractivity contribution in [3.8, 4) is 0 Å². The van der Waals surface area contributed by atoms with E-state index in [1.54, 1.807) is 0 Å². The highest BCUT2D eigenvalue weighted by atomic mass is 16.6. The van der Waals surface area contributed by atoms with Crippen LogP contribution in [-0.4, -0.2) is 12.2 Å². The second-order valence-electron chi connectivity index (χ2n) is 5.06. The summed E-state index contributed by atoms with van der Waals surface area (Å²) >= 11 is 0. The fourth-order valence-corrected chi connectivity index (χ4v) is 2.23. The van der Waals surface area contributed by atoms with E-state index in [9.17, 15) is 0 Å². The van der Waals surface area contributed by atoms with Gasteiger partial charge in [0, 0.05) is 0 Å². The Kier molecular flexibility index (Phi) is 1.39. The van der Waals surface area contributed by atoms with Gasteiger partial charge in [-0.2, -0.15) is 0 Å². The van der Waals surface area contributed by atoms with Crippen LogP contribution < -0.4 is 0 Å². The van der Waals surface area contributed by atoms with Crippen LogP contribution in [0.5, 0.6) is 0 Å². The Labute approximate surface area is 69.1 Å². The Balaban J connectivity index is 2.09. The Hall–Kier alpha value is -0.0400. The number of rotatable bonds is 1. The van der Waals surface area contributed by atoms with Crippen molar-refractivity contribution >= 4 is 0 Å². The van der Waals surface area contributed by atoms with E-state index in [1.807, 2.05) is 0 Å². The molecule has 1 heteroatoms. The van der Waals surface area contributed by atoms with Gasteiger partial charge in [0.05, 0.1) is 12.2 Å². The number of hydrogen-bond donors (Lipinski definition) is 0. The highest BCUT2D eigenvalue weighted by Gasteiger charge is 2.60. The van der Waals surface area contributed by atoms with Gasteiger partial charge in [-0.3, -0.25) is 0 Å². The molecule has 0 radical (unpaired) electrons. The monoisotopic (exact) mass is 154 g/mol. The highest BCUT2D eigenvalue weighted by Crippen LogP contribution is 2.55. The topological polar surface area (TPSA) is 12.5 Å². The average Bonchev–Trinajstić information content (AvgIpc) is 2.37. The molecule has 0 N–H and O–H groups in total. The Morgan fingerprint density at radius 1 is 1.27 bits per heavy atom. The third kappa shape index (κ3) is 0.936. The Bertz CT molecular complexity index is 158. The first-order chi connectivity index (χ1) is 5.06. The lowest BCUT2D eigenvalue weighted by Gasteiger charge is -2.39. The molecule has 11 heavy (non-hydrogen) atoms. The molecule has 2 rings (SSSR count). The van der Waals surface area contributed by atoms with Crippen LogP contribution in [0, 0.1) is 11.3 Å². The quantitative estimate of drug-likeness (QED) is 0.529. The molecular weight excluding hydrogens is 136 g/mol. The van der Waals surface area contributed by atoms with Crippen LogP contribution in [0.3, 0.4) is 0 Å². The van der Waals surface area contributed by atoms with E-state index >= 15 is 0 Å². The molecule has 0 aromatic carbocycles. The Morgan fingerprint density at radius 3 is 1.91 bits per heavy atom. The van der Waals surface area contributed by atoms with Crippen molar-refractivity contribution in [3.63, 3.8) is 0 Å². The van der Waals surface area contributed by atoms with Gasteiger partial charge in [-0.1, -0.05) is 27.2 Å². The molecule has 0 amide bonds. The van der Waals surface area contributed by atoms with Crippen LogP contribution in [0.4, 0.5) is 0 Å². The molecule has 2 aliphatic rings. The zero-order chi connectivity index (χ0) is 8.11. The number of ether oxygens (including phenoxy) is 1. The summed E-state index contributed by atoms with van der Waals surface area (Å²) in [5, 5.41) is 0. The van der Waals surface area contributed by atoms with Gasteiger partial charge in [0.25, 0.3) is 0 Å². The maximum absolute atomic E-state index is 5.66. The summed E-state index contributed by atoms with van der Waals surface area (Å²) in [5.41, 5.74) is 0.642. The molecule has 1 aliphatic heterocycles. The van der Waals surface area contributed by atoms with Gasteiger partial charge in [0.1, 0.15) is 0 Å². The fraction of sp³-hybridized carbons (Fsp3) is 1.00. The van der Waals surface area contributed by atoms with E-state index in [0.29, 0.717) is 5.41 Å². The predicted molar refractivity (Wildman–Crippen MR) is 45.5 cm³/mol. The molecule has 1 atom stereocenters. The van der Waals surface area contributed by atoms with Crippen LogP contribution in [-0.2, 0) is 4.74 Å². The largest absolute Gasteiger partial charge is 0.369 e. The first-order valence-corrected chi connectivity index (χ1v) is 4.70. The maximum Gasteiger partial charge on any atom is 0.0992 e. The minimum absolute atomic E-state index is 0.283. The van der Waals surface area contributed by atoms with Crippen LogP contribution in [0.1, 0.15) is 40.0 Å². The second kappa shape index (κ2) is 2.01. The van der Waals surface area contributed by atoms with Gasteiger partial charge in [-0.05, 0) is 24.2 Å². The zero-order valence-corrected chi connectivity index (χ0v) is 7.81. The molecule has 1 saturated heterocycles. The summed E-state index contributed by atoms with van der Waals surface area (Å²) in [5.74, 6) is 0.877. The van der Waals surface area contributed by atoms with E-state index < -0.39 is 0 Å². The van der Waals surface area contributed by atoms with E-state index in [-0.39, 0.29) is 5.60 Å². The minimum atomic E-state index is 0.283. The Morgan fingerprint density at radius 2 is 1.82 bits per heavy atom. The molecule has 1 aliphatic carbocycles. The molecule has 1 nitrogen and oxygen atoms in total. The van der Waals surface area contributed by atoms with Crippen LogP contribution in [0.2, 0.25) is 0 Å². The predicted octanol–water partition coefficient (Wildman–Crippen LogP) is 2.60. The first kappa shape index (κ1) is 7.60. The summed E-state index contributed by atoms with van der Waals surface area (Å²) in [7, 11) is 0. The van der Waals surface area contributed by atoms with E-state index in [2.05, 4.69) is 20.8 Å². The summed E-state index contributed by atoms with van der Waals surface area (Å²) in [6.07, 6.45) is 4.22. The van der Waals surface area contributed by atoms with Crippen molar-refractivity contribution in [2.45, 2.75) is 45.6 Å². The molecule has 2 fully saturated rings. The molecular formula is C10H18O. The van der Waals surface area contributed by atoms with Crippen molar-refractivity contribution in [2.24, 2.45) is 11.3 Å². The molecule has 1 saturated carbocycles. The number of hydrogen-bond acceptors (Lipinski definition) is 1. The van der Waals surface area contributed by atoms with E-state index in [0.717, 1.165) is 12.5 Å². The molecule has 0 spiro atoms. The van der Waals surface area contributed by atoms with E-state index in [4.69, 9.17) is 4.74 Å². The summed E-state index contributed by atoms with van der Waals surface area (Å²) < 4.78 is 5.66. The van der Waals surface area contributed by atoms with Gasteiger partial charge in [-0.15, -0.1) is 0 Å².